The van der Waals surface area contributed by atoms with Gasteiger partial charge in [0, 0.05) is 26.3 Å². The van der Waals surface area contributed by atoms with Gasteiger partial charge in [-0.15, -0.1) is 0 Å². The Hall–Kier alpha value is -5.70. The first-order valence-corrected chi connectivity index (χ1v) is 19.8. The van der Waals surface area contributed by atoms with Crippen LogP contribution in [0.3, 0.4) is 0 Å². The molecule has 4 N–H and O–H groups in total. The summed E-state index contributed by atoms with van der Waals surface area (Å²) < 4.78 is 15.1. The number of benzene rings is 2. The third-order valence-electron chi connectivity index (χ3n) is 11.5. The monoisotopic (exact) mass is 780 g/mol. The number of hydrogen-bond acceptors (Lipinski definition) is 9. The molecule has 0 radical (unpaired) electrons. The highest BCUT2D eigenvalue weighted by molar-refractivity contribution is 5.87. The lowest BCUT2D eigenvalue weighted by Gasteiger charge is -2.34. The maximum Gasteiger partial charge on any atom is 0.407 e. The van der Waals surface area contributed by atoms with E-state index in [0.717, 1.165) is 71.0 Å². The van der Waals surface area contributed by atoms with Crippen LogP contribution in [0.4, 0.5) is 9.59 Å². The van der Waals surface area contributed by atoms with E-state index in [-0.39, 0.29) is 35.7 Å². The van der Waals surface area contributed by atoms with Crippen molar-refractivity contribution < 1.29 is 33.4 Å². The summed E-state index contributed by atoms with van der Waals surface area (Å²) in [7, 11) is 2.59. The summed E-state index contributed by atoms with van der Waals surface area (Å²) in [6.45, 7) is 6.10. The lowest BCUT2D eigenvalue weighted by molar-refractivity contribution is -0.137. The molecule has 57 heavy (non-hydrogen) atoms. The minimum Gasteiger partial charge on any atom is -0.453 e. The molecule has 0 unspecified atom stereocenters. The van der Waals surface area contributed by atoms with Gasteiger partial charge in [-0.05, 0) is 72.6 Å². The Morgan fingerprint density at radius 2 is 1.14 bits per heavy atom. The Bertz CT molecular complexity index is 2020. The van der Waals surface area contributed by atoms with Gasteiger partial charge in [0.1, 0.15) is 23.7 Å². The molecule has 4 aromatic rings. The van der Waals surface area contributed by atoms with E-state index in [1.807, 2.05) is 24.9 Å². The minimum atomic E-state index is -0.689. The molecule has 0 bridgehead atoms. The van der Waals surface area contributed by atoms with Crippen molar-refractivity contribution in [3.05, 3.63) is 72.6 Å². The van der Waals surface area contributed by atoms with E-state index in [9.17, 15) is 19.2 Å². The van der Waals surface area contributed by atoms with Gasteiger partial charge in [0.05, 0.1) is 50.1 Å². The topological polar surface area (TPSA) is 184 Å². The average molecular weight is 781 g/mol. The smallest absolute Gasteiger partial charge is 0.407 e. The molecule has 4 atom stereocenters. The minimum absolute atomic E-state index is 0.0266. The van der Waals surface area contributed by atoms with Crippen LogP contribution in [0.1, 0.15) is 76.1 Å². The molecule has 302 valence electrons. The number of imidazole rings is 2. The predicted molar refractivity (Wildman–Crippen MR) is 211 cm³/mol. The van der Waals surface area contributed by atoms with Gasteiger partial charge in [-0.2, -0.15) is 0 Å². The van der Waals surface area contributed by atoms with E-state index in [0.29, 0.717) is 39.1 Å². The molecule has 0 aliphatic carbocycles. The summed E-state index contributed by atoms with van der Waals surface area (Å²) in [5, 5.41) is 5.50. The second kappa shape index (κ2) is 17.6. The zero-order chi connectivity index (χ0) is 40.1. The number of H-pyrrole nitrogens is 2. The van der Waals surface area contributed by atoms with Crippen LogP contribution in [0.5, 0.6) is 0 Å². The fourth-order valence-electron chi connectivity index (χ4n) is 8.29. The summed E-state index contributed by atoms with van der Waals surface area (Å²) in [4.78, 5) is 71.6. The van der Waals surface area contributed by atoms with Gasteiger partial charge >= 0.3 is 12.2 Å². The van der Waals surface area contributed by atoms with E-state index in [1.165, 1.54) is 14.2 Å². The van der Waals surface area contributed by atoms with E-state index < -0.39 is 24.3 Å². The lowest BCUT2D eigenvalue weighted by atomic mass is 9.90. The van der Waals surface area contributed by atoms with Gasteiger partial charge in [-0.25, -0.2) is 19.6 Å². The number of amides is 4. The summed E-state index contributed by atoms with van der Waals surface area (Å²) in [6, 6.07) is 14.7. The number of aromatic nitrogens is 4. The standard InChI is InChI=1S/C42H52N8O7/c1-25(2)35(47-41(53)55-3)39(51)49-19-5-7-33(49)37-43-23-31(45-37)28-13-9-26(10-14-28)27-11-15-29(16-12-27)32-24-44-38(46-32)34-8-6-20-50(34)40(52)36(48-42(54)56-4)30-17-21-57-22-18-30/h9-16,23-25,30,33-36H,5-8,17-22H2,1-4H3,(H,43,45)(H,44,46)(H,47,53)(H,48,54)/t33-,34-,35-,36+/m0/s1. The quantitative estimate of drug-likeness (QED) is 0.142. The first-order valence-electron chi connectivity index (χ1n) is 19.8. The van der Waals surface area contributed by atoms with E-state index >= 15 is 0 Å². The molecule has 3 aliphatic rings. The first-order chi connectivity index (χ1) is 27.6. The highest BCUT2D eigenvalue weighted by atomic mass is 16.5. The second-order valence-electron chi connectivity index (χ2n) is 15.3. The molecule has 15 nitrogen and oxygen atoms in total. The normalized spacial score (nSPS) is 19.7. The maximum atomic E-state index is 13.9. The number of ether oxygens (including phenoxy) is 3. The van der Waals surface area contributed by atoms with Gasteiger partial charge in [0.25, 0.3) is 0 Å². The van der Waals surface area contributed by atoms with Crippen LogP contribution in [0, 0.1) is 11.8 Å². The van der Waals surface area contributed by atoms with Crippen molar-refractivity contribution in [1.29, 1.82) is 0 Å². The number of carbonyl (C=O) groups excluding carboxylic acids is 4. The van der Waals surface area contributed by atoms with Crippen molar-refractivity contribution in [1.82, 2.24) is 40.4 Å². The second-order valence-corrected chi connectivity index (χ2v) is 15.3. The zero-order valence-electron chi connectivity index (χ0n) is 33.0. The molecule has 2 aromatic heterocycles. The number of alkyl carbamates (subject to hydrolysis) is 2. The van der Waals surface area contributed by atoms with Crippen molar-refractivity contribution in [2.75, 3.05) is 40.5 Å². The molecule has 4 amide bonds. The number of likely N-dealkylation sites (tertiary alicyclic amines) is 2. The van der Waals surface area contributed by atoms with Crippen LogP contribution in [0.25, 0.3) is 33.6 Å². The number of nitrogens with zero attached hydrogens (tertiary/aromatic N) is 4. The molecule has 0 saturated carbocycles. The maximum absolute atomic E-state index is 13.9. The van der Waals surface area contributed by atoms with Crippen LogP contribution in [-0.2, 0) is 23.8 Å². The SMILES string of the molecule is COC(=O)N[C@H](C(=O)N1CCC[C@H]1c1ncc(-c2ccc(-c3ccc(-c4cnc([C@@H]5CCCN5C(=O)[C@H](NC(=O)OC)C5CCOCC5)[nH]4)cc3)cc2)[nH]1)C(C)C. The highest BCUT2D eigenvalue weighted by Gasteiger charge is 2.40. The Kier molecular flexibility index (Phi) is 12.2. The summed E-state index contributed by atoms with van der Waals surface area (Å²) >= 11 is 0. The van der Waals surface area contributed by atoms with Crippen molar-refractivity contribution in [2.45, 2.75) is 76.5 Å². The Morgan fingerprint density at radius 3 is 1.61 bits per heavy atom. The van der Waals surface area contributed by atoms with Gasteiger partial charge < -0.3 is 44.6 Å². The number of methoxy groups -OCH3 is 2. The number of hydrogen-bond donors (Lipinski definition) is 4. The number of rotatable bonds is 11. The van der Waals surface area contributed by atoms with Gasteiger partial charge in [0.15, 0.2) is 0 Å². The number of carbonyl (C=O) groups is 4. The molecular formula is C42H52N8O7. The van der Waals surface area contributed by atoms with Crippen LogP contribution in [0.15, 0.2) is 60.9 Å². The van der Waals surface area contributed by atoms with Gasteiger partial charge in [-0.1, -0.05) is 62.4 Å². The van der Waals surface area contributed by atoms with E-state index in [1.54, 1.807) is 11.1 Å². The molecular weight excluding hydrogens is 729 g/mol. The Morgan fingerprint density at radius 1 is 0.684 bits per heavy atom. The number of aromatic amines is 2. The third kappa shape index (κ3) is 8.68. The largest absolute Gasteiger partial charge is 0.453 e. The Balaban J connectivity index is 0.999. The summed E-state index contributed by atoms with van der Waals surface area (Å²) in [5.74, 6) is 1.06. The molecule has 0 spiro atoms. The molecule has 3 fully saturated rings. The molecule has 2 aromatic carbocycles. The van der Waals surface area contributed by atoms with Crippen LogP contribution >= 0.6 is 0 Å². The lowest BCUT2D eigenvalue weighted by Crippen LogP contribution is -2.53. The van der Waals surface area contributed by atoms with Crippen LogP contribution < -0.4 is 10.6 Å². The fraction of sp³-hybridized carbons (Fsp3) is 0.476. The van der Waals surface area contributed by atoms with Crippen LogP contribution in [0.2, 0.25) is 0 Å². The van der Waals surface area contributed by atoms with Crippen molar-refractivity contribution in [3.8, 4) is 33.6 Å². The zero-order valence-corrected chi connectivity index (χ0v) is 33.0. The van der Waals surface area contributed by atoms with E-state index in [4.69, 9.17) is 19.2 Å². The van der Waals surface area contributed by atoms with Gasteiger partial charge in [-0.3, -0.25) is 9.59 Å². The molecule has 15 heteroatoms. The summed E-state index contributed by atoms with van der Waals surface area (Å²) in [5.41, 5.74) is 5.78. The first kappa shape index (κ1) is 39.5. The Labute approximate surface area is 332 Å². The summed E-state index contributed by atoms with van der Waals surface area (Å²) in [6.07, 6.45) is 7.01. The molecule has 7 rings (SSSR count). The third-order valence-corrected chi connectivity index (χ3v) is 11.5. The predicted octanol–water partition coefficient (Wildman–Crippen LogP) is 5.99. The highest BCUT2D eigenvalue weighted by Crippen LogP contribution is 2.35. The van der Waals surface area contributed by atoms with Gasteiger partial charge in [0.2, 0.25) is 11.8 Å². The number of nitrogens with one attached hydrogen (secondary N) is 4. The van der Waals surface area contributed by atoms with Crippen molar-refractivity contribution in [3.63, 3.8) is 0 Å². The van der Waals surface area contributed by atoms with Crippen molar-refractivity contribution >= 4 is 24.0 Å². The molecule has 3 saturated heterocycles. The van der Waals surface area contributed by atoms with E-state index in [2.05, 4.69) is 74.1 Å². The molecule has 3 aliphatic heterocycles. The fourth-order valence-corrected chi connectivity index (χ4v) is 8.29. The van der Waals surface area contributed by atoms with Crippen LogP contribution in [-0.4, -0.2) is 106 Å². The van der Waals surface area contributed by atoms with Crippen molar-refractivity contribution in [2.24, 2.45) is 11.8 Å². The molecule has 5 heterocycles. The average Bonchev–Trinajstić information content (AvgIpc) is 4.09.